The molecule has 27 heavy (non-hydrogen) atoms. The van der Waals surface area contributed by atoms with Gasteiger partial charge in [-0.2, -0.15) is 0 Å². The van der Waals surface area contributed by atoms with Crippen LogP contribution in [0.3, 0.4) is 0 Å². The molecule has 0 aromatic heterocycles. The number of nitro benzene ring substituents is 1. The topological polar surface area (TPSA) is 119 Å². The fraction of sp³-hybridized carbons (Fsp3) is 0.529. The minimum atomic E-state index is -1.63. The molecule has 9 nitrogen and oxygen atoms in total. The zero-order valence-electron chi connectivity index (χ0n) is 15.4. The van der Waals surface area contributed by atoms with Crippen molar-refractivity contribution in [1.82, 2.24) is 4.90 Å². The second-order valence-corrected chi connectivity index (χ2v) is 7.48. The highest BCUT2D eigenvalue weighted by molar-refractivity contribution is 5.85. The normalized spacial score (nSPS) is 22.4. The number of hydrogen-bond acceptors (Lipinski definition) is 6. The zero-order valence-corrected chi connectivity index (χ0v) is 15.4. The number of hydrogen-bond donors (Lipinski definition) is 1. The first kappa shape index (κ1) is 20.4. The Morgan fingerprint density at radius 1 is 1.41 bits per heavy atom. The molecule has 10 heteroatoms. The molecule has 1 aliphatic rings. The molecule has 0 spiro atoms. The molecular formula is C17H21FN2O7. The lowest BCUT2D eigenvalue weighted by Gasteiger charge is -2.32. The largest absolute Gasteiger partial charge is 0.481 e. The van der Waals surface area contributed by atoms with Gasteiger partial charge in [-0.3, -0.25) is 15.0 Å². The molecule has 2 atom stereocenters. The summed E-state index contributed by atoms with van der Waals surface area (Å²) in [4.78, 5) is 35.6. The van der Waals surface area contributed by atoms with Gasteiger partial charge in [-0.25, -0.2) is 14.0 Å². The van der Waals surface area contributed by atoms with Crippen LogP contribution in [0.25, 0.3) is 0 Å². The molecule has 0 radical (unpaired) electrons. The summed E-state index contributed by atoms with van der Waals surface area (Å²) in [6.45, 7) is 6.09. The van der Waals surface area contributed by atoms with Crippen LogP contribution in [0.5, 0.6) is 5.75 Å². The van der Waals surface area contributed by atoms with Gasteiger partial charge in [0.2, 0.25) is 0 Å². The highest BCUT2D eigenvalue weighted by Gasteiger charge is 2.52. The summed E-state index contributed by atoms with van der Waals surface area (Å²) >= 11 is 0. The van der Waals surface area contributed by atoms with Crippen LogP contribution in [0.1, 0.15) is 34.1 Å². The maximum Gasteiger partial charge on any atom is 0.411 e. The van der Waals surface area contributed by atoms with Gasteiger partial charge in [0.15, 0.2) is 5.75 Å². The minimum absolute atomic E-state index is 0.144. The number of nitro groups is 1. The molecule has 148 valence electrons. The van der Waals surface area contributed by atoms with Gasteiger partial charge in [-0.15, -0.1) is 0 Å². The van der Waals surface area contributed by atoms with Crippen molar-refractivity contribution in [2.24, 2.45) is 0 Å². The van der Waals surface area contributed by atoms with Gasteiger partial charge in [0, 0.05) is 18.6 Å². The van der Waals surface area contributed by atoms with E-state index >= 15 is 0 Å². The third kappa shape index (κ3) is 4.44. The Kier molecular flexibility index (Phi) is 5.30. The van der Waals surface area contributed by atoms with E-state index in [0.29, 0.717) is 0 Å². The lowest BCUT2D eigenvalue weighted by molar-refractivity contribution is -0.386. The molecule has 1 aliphatic heterocycles. The van der Waals surface area contributed by atoms with Crippen molar-refractivity contribution >= 4 is 17.7 Å². The Morgan fingerprint density at radius 2 is 2.04 bits per heavy atom. The monoisotopic (exact) mass is 384 g/mol. The summed E-state index contributed by atoms with van der Waals surface area (Å²) in [6, 6.07) is 2.74. The smallest absolute Gasteiger partial charge is 0.411 e. The van der Waals surface area contributed by atoms with Crippen LogP contribution in [-0.2, 0) is 9.53 Å². The second-order valence-electron chi connectivity index (χ2n) is 7.48. The van der Waals surface area contributed by atoms with E-state index in [1.807, 2.05) is 0 Å². The molecule has 1 heterocycles. The molecule has 1 N–H and O–H groups in total. The summed E-state index contributed by atoms with van der Waals surface area (Å²) in [5.74, 6) is -2.34. The highest BCUT2D eigenvalue weighted by atomic mass is 19.1. The fourth-order valence-corrected chi connectivity index (χ4v) is 2.81. The first-order valence-corrected chi connectivity index (χ1v) is 8.18. The molecule has 0 aliphatic carbocycles. The number of halogens is 1. The van der Waals surface area contributed by atoms with Crippen LogP contribution in [-0.4, -0.2) is 50.8 Å². The maximum absolute atomic E-state index is 13.5. The van der Waals surface area contributed by atoms with Gasteiger partial charge in [0.1, 0.15) is 23.1 Å². The first-order chi connectivity index (χ1) is 12.3. The predicted molar refractivity (Wildman–Crippen MR) is 91.1 cm³/mol. The summed E-state index contributed by atoms with van der Waals surface area (Å²) in [5, 5.41) is 20.7. The number of carboxylic acid groups (broad SMARTS) is 1. The number of nitrogens with zero attached hydrogens (tertiary/aromatic N) is 2. The van der Waals surface area contributed by atoms with Crippen molar-refractivity contribution in [3.63, 3.8) is 0 Å². The van der Waals surface area contributed by atoms with Gasteiger partial charge in [-0.1, -0.05) is 0 Å². The number of carbonyl (C=O) groups is 2. The van der Waals surface area contributed by atoms with E-state index in [1.54, 1.807) is 20.8 Å². The number of ether oxygens (including phenoxy) is 2. The van der Waals surface area contributed by atoms with Gasteiger partial charge >= 0.3 is 17.7 Å². The lowest BCUT2D eigenvalue weighted by atomic mass is 9.98. The zero-order chi connectivity index (χ0) is 20.6. The van der Waals surface area contributed by atoms with E-state index in [-0.39, 0.29) is 18.7 Å². The molecule has 0 unspecified atom stereocenters. The van der Waals surface area contributed by atoms with E-state index in [4.69, 9.17) is 9.47 Å². The summed E-state index contributed by atoms with van der Waals surface area (Å²) in [6.07, 6.45) is -1.87. The van der Waals surface area contributed by atoms with Crippen molar-refractivity contribution < 1.29 is 33.5 Å². The number of rotatable bonds is 4. The standard InChI is InChI=1S/C17H21FN2O7/c1-16(2,3)27-15(23)19-9-11(8-17(19,4)14(21)22)26-13-7-10(18)5-6-12(13)20(24)25/h5-7,11H,8-9H2,1-4H3,(H,21,22)/t11-,17-/m0/s1. The Bertz CT molecular complexity index is 777. The molecule has 1 fully saturated rings. The van der Waals surface area contributed by atoms with Crippen LogP contribution in [0.15, 0.2) is 18.2 Å². The number of carboxylic acids is 1. The quantitative estimate of drug-likeness (QED) is 0.626. The van der Waals surface area contributed by atoms with Crippen molar-refractivity contribution in [1.29, 1.82) is 0 Å². The fourth-order valence-electron chi connectivity index (χ4n) is 2.81. The number of amides is 1. The summed E-state index contributed by atoms with van der Waals surface area (Å²) < 4.78 is 24.2. The molecule has 1 aromatic carbocycles. The van der Waals surface area contributed by atoms with E-state index in [9.17, 15) is 29.2 Å². The number of carbonyl (C=O) groups excluding carboxylic acids is 1. The van der Waals surface area contributed by atoms with Crippen molar-refractivity contribution in [3.05, 3.63) is 34.1 Å². The highest BCUT2D eigenvalue weighted by Crippen LogP contribution is 2.36. The van der Waals surface area contributed by atoms with Crippen molar-refractivity contribution in [2.45, 2.75) is 51.4 Å². The van der Waals surface area contributed by atoms with E-state index in [0.717, 1.165) is 23.1 Å². The van der Waals surface area contributed by atoms with Gasteiger partial charge in [0.25, 0.3) is 0 Å². The van der Waals surface area contributed by atoms with Gasteiger partial charge in [-0.05, 0) is 33.8 Å². The third-order valence-electron chi connectivity index (χ3n) is 4.09. The molecule has 2 rings (SSSR count). The Hall–Kier alpha value is -2.91. The molecule has 0 bridgehead atoms. The van der Waals surface area contributed by atoms with E-state index in [2.05, 4.69) is 0 Å². The Balaban J connectivity index is 2.29. The third-order valence-corrected chi connectivity index (χ3v) is 4.09. The summed E-state index contributed by atoms with van der Waals surface area (Å²) in [7, 11) is 0. The van der Waals surface area contributed by atoms with E-state index < -0.39 is 45.7 Å². The van der Waals surface area contributed by atoms with Crippen LogP contribution in [0, 0.1) is 15.9 Å². The maximum atomic E-state index is 13.5. The van der Waals surface area contributed by atoms with Crippen LogP contribution < -0.4 is 4.74 Å². The minimum Gasteiger partial charge on any atom is -0.481 e. The lowest BCUT2D eigenvalue weighted by Crippen LogP contribution is -2.52. The molecule has 1 amide bonds. The predicted octanol–water partition coefficient (Wildman–Crippen LogP) is 2.97. The molecule has 1 saturated heterocycles. The van der Waals surface area contributed by atoms with E-state index in [1.165, 1.54) is 6.92 Å². The average Bonchev–Trinajstić information content (AvgIpc) is 2.83. The second kappa shape index (κ2) is 7.01. The molecular weight excluding hydrogens is 363 g/mol. The van der Waals surface area contributed by atoms with Gasteiger partial charge in [0.05, 0.1) is 11.5 Å². The van der Waals surface area contributed by atoms with Crippen molar-refractivity contribution in [3.8, 4) is 5.75 Å². The SMILES string of the molecule is CC(C)(C)OC(=O)N1C[C@@H](Oc2cc(F)ccc2[N+](=O)[O-])C[C@@]1(C)C(=O)O. The van der Waals surface area contributed by atoms with Gasteiger partial charge < -0.3 is 14.6 Å². The summed E-state index contributed by atoms with van der Waals surface area (Å²) in [5.41, 5.74) is -2.92. The number of likely N-dealkylation sites (tertiary alicyclic amines) is 1. The average molecular weight is 384 g/mol. The Labute approximate surface area is 154 Å². The number of benzene rings is 1. The molecule has 0 saturated carbocycles. The van der Waals surface area contributed by atoms with Crippen LogP contribution in [0.4, 0.5) is 14.9 Å². The molecule has 1 aromatic rings. The van der Waals surface area contributed by atoms with Crippen LogP contribution >= 0.6 is 0 Å². The van der Waals surface area contributed by atoms with Crippen LogP contribution in [0.2, 0.25) is 0 Å². The number of aliphatic carboxylic acids is 1. The first-order valence-electron chi connectivity index (χ1n) is 8.18. The Morgan fingerprint density at radius 3 is 2.56 bits per heavy atom. The van der Waals surface area contributed by atoms with Crippen molar-refractivity contribution in [2.75, 3.05) is 6.54 Å².